The van der Waals surface area contributed by atoms with Crippen LogP contribution in [0.15, 0.2) is 27.6 Å². The lowest BCUT2D eigenvalue weighted by Gasteiger charge is -2.40. The molecule has 1 N–H and O–H groups in total. The fraction of sp³-hybridized carbons (Fsp3) is 0.500. The van der Waals surface area contributed by atoms with Crippen LogP contribution < -0.4 is 4.74 Å². The van der Waals surface area contributed by atoms with Crippen molar-refractivity contribution in [2.24, 2.45) is 0 Å². The SMILES string of the molecule is COc1ccc(Br)cc1S(=O)(=O)[C@H]1C[C@@](C)(O)C1. The highest BCUT2D eigenvalue weighted by Gasteiger charge is 2.47. The largest absolute Gasteiger partial charge is 0.495 e. The van der Waals surface area contributed by atoms with Crippen molar-refractivity contribution in [2.75, 3.05) is 7.11 Å². The fourth-order valence-corrected chi connectivity index (χ4v) is 4.94. The van der Waals surface area contributed by atoms with E-state index in [1.807, 2.05) is 0 Å². The van der Waals surface area contributed by atoms with Gasteiger partial charge in [-0.2, -0.15) is 0 Å². The summed E-state index contributed by atoms with van der Waals surface area (Å²) < 4.78 is 30.6. The second-order valence-electron chi connectivity index (χ2n) is 4.87. The molecule has 1 aromatic carbocycles. The van der Waals surface area contributed by atoms with Crippen molar-refractivity contribution in [3.63, 3.8) is 0 Å². The number of benzene rings is 1. The first kappa shape index (κ1) is 13.8. The minimum absolute atomic E-state index is 0.180. The van der Waals surface area contributed by atoms with Crippen LogP contribution in [-0.4, -0.2) is 31.5 Å². The molecular formula is C12H15BrO4S. The van der Waals surface area contributed by atoms with Gasteiger partial charge in [0.2, 0.25) is 0 Å². The molecule has 6 heteroatoms. The van der Waals surface area contributed by atoms with Crippen LogP contribution in [0.4, 0.5) is 0 Å². The number of aliphatic hydroxyl groups is 1. The van der Waals surface area contributed by atoms with Gasteiger partial charge in [-0.1, -0.05) is 15.9 Å². The number of rotatable bonds is 3. The third-order valence-electron chi connectivity index (χ3n) is 3.21. The van der Waals surface area contributed by atoms with Gasteiger partial charge < -0.3 is 9.84 Å². The van der Waals surface area contributed by atoms with Crippen molar-refractivity contribution < 1.29 is 18.3 Å². The molecule has 0 heterocycles. The van der Waals surface area contributed by atoms with Crippen molar-refractivity contribution in [3.8, 4) is 5.75 Å². The van der Waals surface area contributed by atoms with Crippen LogP contribution in [-0.2, 0) is 9.84 Å². The average molecular weight is 335 g/mol. The summed E-state index contributed by atoms with van der Waals surface area (Å²) in [4.78, 5) is 0.180. The molecule has 0 amide bonds. The molecule has 1 aliphatic carbocycles. The highest BCUT2D eigenvalue weighted by molar-refractivity contribution is 9.10. The first-order valence-corrected chi connectivity index (χ1v) is 7.90. The molecule has 0 saturated heterocycles. The summed E-state index contributed by atoms with van der Waals surface area (Å²) in [7, 11) is -2.01. The van der Waals surface area contributed by atoms with E-state index in [0.29, 0.717) is 10.2 Å². The summed E-state index contributed by atoms with van der Waals surface area (Å²) in [5, 5.41) is 9.14. The Morgan fingerprint density at radius 3 is 2.56 bits per heavy atom. The third-order valence-corrected chi connectivity index (χ3v) is 5.84. The van der Waals surface area contributed by atoms with Crippen LogP contribution in [0, 0.1) is 0 Å². The van der Waals surface area contributed by atoms with Crippen LogP contribution in [0.5, 0.6) is 5.75 Å². The maximum Gasteiger partial charge on any atom is 0.185 e. The standard InChI is InChI=1S/C12H15BrO4S/c1-12(14)6-9(7-12)18(15,16)11-5-8(13)3-4-10(11)17-2/h3-5,9,14H,6-7H2,1-2H3/t9-,12+. The smallest absolute Gasteiger partial charge is 0.185 e. The van der Waals surface area contributed by atoms with Gasteiger partial charge in [0.25, 0.3) is 0 Å². The second-order valence-corrected chi connectivity index (χ2v) is 7.98. The van der Waals surface area contributed by atoms with E-state index < -0.39 is 20.7 Å². The van der Waals surface area contributed by atoms with E-state index in [4.69, 9.17) is 4.74 Å². The van der Waals surface area contributed by atoms with Gasteiger partial charge in [0.15, 0.2) is 9.84 Å². The Labute approximate surface area is 115 Å². The Hall–Kier alpha value is -0.590. The molecule has 0 aliphatic heterocycles. The molecule has 4 nitrogen and oxygen atoms in total. The summed E-state index contributed by atoms with van der Waals surface area (Å²) in [6.07, 6.45) is 0.538. The molecule has 18 heavy (non-hydrogen) atoms. The Bertz CT molecular complexity index is 557. The predicted molar refractivity (Wildman–Crippen MR) is 71.5 cm³/mol. The van der Waals surface area contributed by atoms with E-state index in [9.17, 15) is 13.5 Å². The zero-order chi connectivity index (χ0) is 13.6. The van der Waals surface area contributed by atoms with Crippen molar-refractivity contribution in [3.05, 3.63) is 22.7 Å². The lowest BCUT2D eigenvalue weighted by atomic mass is 9.82. The number of methoxy groups -OCH3 is 1. The highest BCUT2D eigenvalue weighted by Crippen LogP contribution is 2.41. The van der Waals surface area contributed by atoms with Gasteiger partial charge >= 0.3 is 0 Å². The minimum Gasteiger partial charge on any atom is -0.495 e. The van der Waals surface area contributed by atoms with Gasteiger partial charge in [0, 0.05) is 4.47 Å². The molecule has 0 atom stereocenters. The van der Waals surface area contributed by atoms with Crippen molar-refractivity contribution in [1.82, 2.24) is 0 Å². The monoisotopic (exact) mass is 334 g/mol. The summed E-state index contributed by atoms with van der Waals surface area (Å²) in [5.74, 6) is 0.338. The van der Waals surface area contributed by atoms with E-state index in [-0.39, 0.29) is 17.7 Å². The maximum absolute atomic E-state index is 12.4. The maximum atomic E-state index is 12.4. The minimum atomic E-state index is -3.45. The number of ether oxygens (including phenoxy) is 1. The average Bonchev–Trinajstić information content (AvgIpc) is 2.25. The van der Waals surface area contributed by atoms with Crippen molar-refractivity contribution in [2.45, 2.75) is 35.5 Å². The zero-order valence-electron chi connectivity index (χ0n) is 10.2. The normalized spacial score (nSPS) is 27.7. The first-order chi connectivity index (χ1) is 8.26. The van der Waals surface area contributed by atoms with Crippen molar-refractivity contribution in [1.29, 1.82) is 0 Å². The number of hydrogen-bond donors (Lipinski definition) is 1. The van der Waals surface area contributed by atoms with E-state index in [0.717, 1.165) is 0 Å². The number of sulfone groups is 1. The molecule has 1 aliphatic rings. The number of hydrogen-bond acceptors (Lipinski definition) is 4. The van der Waals surface area contributed by atoms with E-state index in [1.165, 1.54) is 7.11 Å². The molecule has 1 fully saturated rings. The van der Waals surface area contributed by atoms with E-state index >= 15 is 0 Å². The molecule has 100 valence electrons. The molecular weight excluding hydrogens is 320 g/mol. The molecule has 1 saturated carbocycles. The Morgan fingerprint density at radius 1 is 1.44 bits per heavy atom. The molecule has 0 spiro atoms. The lowest BCUT2D eigenvalue weighted by Crippen LogP contribution is -2.48. The van der Waals surface area contributed by atoms with Crippen LogP contribution in [0.25, 0.3) is 0 Å². The topological polar surface area (TPSA) is 63.6 Å². The second kappa shape index (κ2) is 4.51. The summed E-state index contributed by atoms with van der Waals surface area (Å²) >= 11 is 3.26. The van der Waals surface area contributed by atoms with Crippen LogP contribution in [0.1, 0.15) is 19.8 Å². The van der Waals surface area contributed by atoms with Crippen LogP contribution >= 0.6 is 15.9 Å². The molecule has 1 aromatic rings. The predicted octanol–water partition coefficient (Wildman–Crippen LogP) is 2.14. The van der Waals surface area contributed by atoms with Gasteiger partial charge in [-0.25, -0.2) is 8.42 Å². The Morgan fingerprint density at radius 2 is 2.06 bits per heavy atom. The third kappa shape index (κ3) is 2.41. The summed E-state index contributed by atoms with van der Waals surface area (Å²) in [6.45, 7) is 1.65. The van der Waals surface area contributed by atoms with Gasteiger partial charge in [-0.3, -0.25) is 0 Å². The quantitative estimate of drug-likeness (QED) is 0.919. The van der Waals surface area contributed by atoms with Crippen LogP contribution in [0.3, 0.4) is 0 Å². The molecule has 2 rings (SSSR count). The van der Waals surface area contributed by atoms with Crippen molar-refractivity contribution >= 4 is 25.8 Å². The van der Waals surface area contributed by atoms with E-state index in [2.05, 4.69) is 15.9 Å². The molecule has 0 unspecified atom stereocenters. The Balaban J connectivity index is 2.39. The first-order valence-electron chi connectivity index (χ1n) is 5.56. The zero-order valence-corrected chi connectivity index (χ0v) is 12.6. The van der Waals surface area contributed by atoms with Gasteiger partial charge in [-0.05, 0) is 38.0 Å². The lowest BCUT2D eigenvalue weighted by molar-refractivity contribution is -0.0117. The summed E-state index contributed by atoms with van der Waals surface area (Å²) in [5.41, 5.74) is -0.864. The highest BCUT2D eigenvalue weighted by atomic mass is 79.9. The van der Waals surface area contributed by atoms with Gasteiger partial charge in [0.05, 0.1) is 18.0 Å². The fourth-order valence-electron chi connectivity index (χ4n) is 2.19. The molecule has 0 radical (unpaired) electrons. The Kier molecular flexibility index (Phi) is 3.46. The summed E-state index contributed by atoms with van der Waals surface area (Å²) in [6, 6.07) is 4.89. The van der Waals surface area contributed by atoms with Gasteiger partial charge in [0.1, 0.15) is 10.6 Å². The molecule has 0 bridgehead atoms. The van der Waals surface area contributed by atoms with Crippen LogP contribution in [0.2, 0.25) is 0 Å². The number of halogens is 1. The van der Waals surface area contributed by atoms with Gasteiger partial charge in [-0.15, -0.1) is 0 Å². The van der Waals surface area contributed by atoms with E-state index in [1.54, 1.807) is 25.1 Å². The molecule has 0 aromatic heterocycles.